The maximum atomic E-state index is 8.95. The van der Waals surface area contributed by atoms with E-state index in [1.54, 1.807) is 4.58 Å². The van der Waals surface area contributed by atoms with Gasteiger partial charge in [0.15, 0.2) is 5.54 Å². The van der Waals surface area contributed by atoms with Gasteiger partial charge in [-0.25, -0.2) is 4.58 Å². The summed E-state index contributed by atoms with van der Waals surface area (Å²) in [6.07, 6.45) is 1.44. The van der Waals surface area contributed by atoms with Gasteiger partial charge in [0.2, 0.25) is 6.20 Å². The van der Waals surface area contributed by atoms with Crippen molar-refractivity contribution in [3.63, 3.8) is 0 Å². The number of aliphatic hydroxyl groups is 1. The summed E-state index contributed by atoms with van der Waals surface area (Å²) in [6.45, 7) is 9.67. The van der Waals surface area contributed by atoms with Gasteiger partial charge in [-0.2, -0.15) is 0 Å². The molecule has 0 amide bonds. The van der Waals surface area contributed by atoms with Gasteiger partial charge < -0.3 is 9.84 Å². The van der Waals surface area contributed by atoms with Crippen molar-refractivity contribution in [2.75, 3.05) is 7.11 Å². The van der Waals surface area contributed by atoms with E-state index in [1.165, 1.54) is 13.3 Å². The molecule has 11 heavy (non-hydrogen) atoms. The van der Waals surface area contributed by atoms with E-state index in [2.05, 4.69) is 11.5 Å². The van der Waals surface area contributed by atoms with Gasteiger partial charge in [-0.05, 0) is 0 Å². The van der Waals surface area contributed by atoms with Crippen molar-refractivity contribution in [3.8, 4) is 0 Å². The number of hydrogen-bond acceptors (Lipinski definition) is 2. The maximum absolute atomic E-state index is 8.95. The van der Waals surface area contributed by atoms with Crippen LogP contribution >= 0.6 is 0 Å². The van der Waals surface area contributed by atoms with Crippen LogP contribution < -0.4 is 0 Å². The molecular weight excluding hydrogens is 142 g/mol. The molecule has 64 valence electrons. The summed E-state index contributed by atoms with van der Waals surface area (Å²) in [5.74, 6) is -0.130. The number of aliphatic hydroxyl groups excluding tert-OH is 1. The second kappa shape index (κ2) is 3.42. The minimum Gasteiger partial charge on any atom is -0.477 e. The molecule has 0 bridgehead atoms. The molecule has 3 heteroatoms. The summed E-state index contributed by atoms with van der Waals surface area (Å²) >= 11 is 0. The number of ether oxygens (including phenoxy) is 1. The minimum atomic E-state index is -0.130. The smallest absolute Gasteiger partial charge is 0.343 e. The van der Waals surface area contributed by atoms with Gasteiger partial charge >= 0.3 is 5.95 Å². The number of hydrogen-bond donors (Lipinski definition) is 1. The molecule has 0 aromatic heterocycles. The number of nitrogens with zero attached hydrogens (tertiary/aromatic N) is 1. The van der Waals surface area contributed by atoms with Crippen molar-refractivity contribution < 1.29 is 14.4 Å². The van der Waals surface area contributed by atoms with Gasteiger partial charge in [-0.15, -0.1) is 0 Å². The fourth-order valence-electron chi connectivity index (χ4n) is 0.380. The largest absolute Gasteiger partial charge is 0.477 e. The summed E-state index contributed by atoms with van der Waals surface area (Å²) < 4.78 is 6.18. The van der Waals surface area contributed by atoms with Crippen LogP contribution in [-0.2, 0) is 4.74 Å². The molecule has 0 saturated heterocycles. The highest BCUT2D eigenvalue weighted by molar-refractivity contribution is 5.16. The molecule has 0 aliphatic carbocycles. The Morgan fingerprint density at radius 1 is 1.55 bits per heavy atom. The van der Waals surface area contributed by atoms with E-state index >= 15 is 0 Å². The topological polar surface area (TPSA) is 32.5 Å². The summed E-state index contributed by atoms with van der Waals surface area (Å²) in [6, 6.07) is 0. The van der Waals surface area contributed by atoms with Gasteiger partial charge in [0.1, 0.15) is 6.72 Å². The first kappa shape index (κ1) is 10.0. The van der Waals surface area contributed by atoms with Crippen molar-refractivity contribution in [2.24, 2.45) is 0 Å². The lowest BCUT2D eigenvalue weighted by atomic mass is 10.1. The monoisotopic (exact) mass is 158 g/mol. The van der Waals surface area contributed by atoms with Crippen LogP contribution in [0.4, 0.5) is 0 Å². The molecule has 0 aromatic rings. The van der Waals surface area contributed by atoms with E-state index < -0.39 is 0 Å². The Morgan fingerprint density at radius 3 is 2.27 bits per heavy atom. The molecule has 0 fully saturated rings. The van der Waals surface area contributed by atoms with Crippen molar-refractivity contribution in [1.29, 1.82) is 0 Å². The molecule has 3 nitrogen and oxygen atoms in total. The van der Waals surface area contributed by atoms with Crippen LogP contribution in [0.3, 0.4) is 0 Å². The fourth-order valence-corrected chi connectivity index (χ4v) is 0.380. The molecule has 0 atom stereocenters. The quantitative estimate of drug-likeness (QED) is 0.375. The number of methoxy groups -OCH3 is 1. The van der Waals surface area contributed by atoms with Gasteiger partial charge in [-0.3, -0.25) is 0 Å². The van der Waals surface area contributed by atoms with E-state index in [-0.39, 0.29) is 11.5 Å². The highest BCUT2D eigenvalue weighted by Crippen LogP contribution is 2.06. The molecule has 0 radical (unpaired) electrons. The Labute approximate surface area is 67.6 Å². The molecule has 0 aliphatic rings. The Hall–Kier alpha value is -0.990. The summed E-state index contributed by atoms with van der Waals surface area (Å²) in [4.78, 5) is 0. The van der Waals surface area contributed by atoms with Crippen LogP contribution in [-0.4, -0.2) is 29.0 Å². The average molecular weight is 158 g/mol. The van der Waals surface area contributed by atoms with E-state index in [0.29, 0.717) is 0 Å². The Kier molecular flexibility index (Phi) is 3.11. The highest BCUT2D eigenvalue weighted by Gasteiger charge is 2.20. The minimum absolute atomic E-state index is 0.105. The zero-order chi connectivity index (χ0) is 9.07. The third-order valence-electron chi connectivity index (χ3n) is 1.34. The lowest BCUT2D eigenvalue weighted by Gasteiger charge is -2.12. The summed E-state index contributed by atoms with van der Waals surface area (Å²) in [5.41, 5.74) is -0.105. The summed E-state index contributed by atoms with van der Waals surface area (Å²) in [7, 11) is 1.41. The molecule has 0 unspecified atom stereocenters. The molecule has 0 heterocycles. The van der Waals surface area contributed by atoms with Gasteiger partial charge in [0.05, 0.1) is 7.11 Å². The SMILES string of the molecule is C=[N+](/C=C(\O)OC)C(C)(C)C. The zero-order valence-corrected chi connectivity index (χ0v) is 7.59. The van der Waals surface area contributed by atoms with E-state index in [1.807, 2.05) is 20.8 Å². The second-order valence-electron chi connectivity index (χ2n) is 3.31. The average Bonchev–Trinajstić information content (AvgIpc) is 1.85. The second-order valence-corrected chi connectivity index (χ2v) is 3.31. The zero-order valence-electron chi connectivity index (χ0n) is 7.59. The van der Waals surface area contributed by atoms with Crippen LogP contribution in [0.15, 0.2) is 12.1 Å². The van der Waals surface area contributed by atoms with Crippen LogP contribution in [0, 0.1) is 0 Å². The first-order valence-corrected chi connectivity index (χ1v) is 3.42. The lowest BCUT2D eigenvalue weighted by molar-refractivity contribution is -0.529. The molecule has 1 N–H and O–H groups in total. The predicted molar refractivity (Wildman–Crippen MR) is 44.9 cm³/mol. The normalized spacial score (nSPS) is 12.9. The number of rotatable bonds is 2. The first-order valence-electron chi connectivity index (χ1n) is 3.42. The molecule has 0 aromatic carbocycles. The van der Waals surface area contributed by atoms with Crippen molar-refractivity contribution in [1.82, 2.24) is 0 Å². The van der Waals surface area contributed by atoms with Gasteiger partial charge in [0, 0.05) is 20.8 Å². The maximum Gasteiger partial charge on any atom is 0.343 e. The lowest BCUT2D eigenvalue weighted by Crippen LogP contribution is -2.28. The fraction of sp³-hybridized carbons (Fsp3) is 0.625. The van der Waals surface area contributed by atoms with E-state index in [0.717, 1.165) is 0 Å². The third-order valence-corrected chi connectivity index (χ3v) is 1.34. The van der Waals surface area contributed by atoms with Crippen LogP contribution in [0.2, 0.25) is 0 Å². The van der Waals surface area contributed by atoms with Gasteiger partial charge in [0.25, 0.3) is 0 Å². The van der Waals surface area contributed by atoms with E-state index in [9.17, 15) is 0 Å². The Bertz CT molecular complexity index is 177. The van der Waals surface area contributed by atoms with E-state index in [4.69, 9.17) is 5.11 Å². The van der Waals surface area contributed by atoms with Crippen LogP contribution in [0.1, 0.15) is 20.8 Å². The van der Waals surface area contributed by atoms with Crippen molar-refractivity contribution in [2.45, 2.75) is 26.3 Å². The van der Waals surface area contributed by atoms with Crippen LogP contribution in [0.5, 0.6) is 0 Å². The molecule has 0 spiro atoms. The van der Waals surface area contributed by atoms with Crippen molar-refractivity contribution >= 4 is 6.72 Å². The Balaban J connectivity index is 4.30. The van der Waals surface area contributed by atoms with Gasteiger partial charge in [-0.1, -0.05) is 0 Å². The first-order chi connectivity index (χ1) is 4.88. The van der Waals surface area contributed by atoms with Crippen molar-refractivity contribution in [3.05, 3.63) is 12.1 Å². The van der Waals surface area contributed by atoms with Crippen LogP contribution in [0.25, 0.3) is 0 Å². The molecular formula is C8H16NO2+. The molecule has 0 rings (SSSR count). The predicted octanol–water partition coefficient (Wildman–Crippen LogP) is 1.50. The molecule has 0 aliphatic heterocycles. The molecule has 0 saturated carbocycles. The third kappa shape index (κ3) is 3.65. The Morgan fingerprint density at radius 2 is 2.00 bits per heavy atom. The standard InChI is InChI=1S/C8H15NO2/c1-8(2,3)9(4)6-7(10)11-5/h6H,4H2,1-3,5H3/p+1/b7-6+. The summed E-state index contributed by atoms with van der Waals surface area (Å²) in [5, 5.41) is 8.95. The highest BCUT2D eigenvalue weighted by atomic mass is 16.6.